The van der Waals surface area contributed by atoms with Crippen molar-refractivity contribution in [1.82, 2.24) is 0 Å². The first-order valence-electron chi connectivity index (χ1n) is 8.53. The number of carbonyl (C=O) groups excluding carboxylic acids is 1. The Morgan fingerprint density at radius 2 is 1.77 bits per heavy atom. The van der Waals surface area contributed by atoms with Crippen LogP contribution in [0.2, 0.25) is 0 Å². The molecule has 0 aromatic heterocycles. The third-order valence-electron chi connectivity index (χ3n) is 5.26. The summed E-state index contributed by atoms with van der Waals surface area (Å²) in [4.78, 5) is 13.0. The van der Waals surface area contributed by atoms with Crippen molar-refractivity contribution in [1.29, 1.82) is 0 Å². The molecule has 0 saturated carbocycles. The van der Waals surface area contributed by atoms with E-state index < -0.39 is 11.0 Å². The molecule has 22 heavy (non-hydrogen) atoms. The van der Waals surface area contributed by atoms with Crippen molar-refractivity contribution in [3.63, 3.8) is 0 Å². The van der Waals surface area contributed by atoms with E-state index >= 15 is 0 Å². The van der Waals surface area contributed by atoms with Crippen LogP contribution in [0.3, 0.4) is 0 Å². The molecule has 1 aliphatic carbocycles. The molecule has 1 aromatic carbocycles. The molecule has 0 bridgehead atoms. The van der Waals surface area contributed by atoms with E-state index in [-0.39, 0.29) is 5.78 Å². The van der Waals surface area contributed by atoms with E-state index in [0.717, 1.165) is 50.5 Å². The molecule has 0 saturated heterocycles. The largest absolute Gasteiger partial charge is 0.377 e. The summed E-state index contributed by atoms with van der Waals surface area (Å²) in [6.07, 6.45) is 8.17. The average molecular weight is 300 g/mol. The van der Waals surface area contributed by atoms with Gasteiger partial charge in [0.1, 0.15) is 0 Å². The molecule has 0 heterocycles. The van der Waals surface area contributed by atoms with Gasteiger partial charge in [-0.05, 0) is 24.8 Å². The minimum atomic E-state index is -1.44. The molecule has 1 atom stereocenters. The maximum absolute atomic E-state index is 13.0. The predicted molar refractivity (Wildman–Crippen MR) is 91.1 cm³/mol. The van der Waals surface area contributed by atoms with Gasteiger partial charge >= 0.3 is 0 Å². The third kappa shape index (κ3) is 2.65. The summed E-state index contributed by atoms with van der Waals surface area (Å²) in [6, 6.07) is 7.71. The van der Waals surface area contributed by atoms with Crippen LogP contribution in [0.25, 0.3) is 0 Å². The summed E-state index contributed by atoms with van der Waals surface area (Å²) in [5.41, 5.74) is -0.113. The van der Waals surface area contributed by atoms with Gasteiger partial charge in [0.2, 0.25) is 0 Å². The van der Waals surface area contributed by atoms with Crippen LogP contribution in [0.4, 0.5) is 0 Å². The Kier molecular flexibility index (Phi) is 5.23. The molecule has 2 heteroatoms. The molecule has 1 aliphatic rings. The van der Waals surface area contributed by atoms with Crippen LogP contribution in [0.1, 0.15) is 68.3 Å². The van der Waals surface area contributed by atoms with E-state index in [2.05, 4.69) is 20.4 Å². The molecule has 0 spiro atoms. The quantitative estimate of drug-likeness (QED) is 0.740. The lowest BCUT2D eigenvalue weighted by molar-refractivity contribution is -0.0413. The van der Waals surface area contributed by atoms with Crippen LogP contribution >= 0.6 is 0 Å². The van der Waals surface area contributed by atoms with Gasteiger partial charge in [0.05, 0.1) is 0 Å². The second-order valence-electron chi connectivity index (χ2n) is 6.62. The number of hydrogen-bond acceptors (Lipinski definition) is 2. The molecule has 0 amide bonds. The van der Waals surface area contributed by atoms with Gasteiger partial charge in [-0.3, -0.25) is 4.79 Å². The zero-order valence-corrected chi connectivity index (χ0v) is 13.9. The van der Waals surface area contributed by atoms with Crippen LogP contribution in [-0.4, -0.2) is 16.5 Å². The molecule has 2 nitrogen and oxygen atoms in total. The van der Waals surface area contributed by atoms with Crippen molar-refractivity contribution in [2.45, 2.75) is 64.4 Å². The molecular formula is C20H28O2. The van der Waals surface area contributed by atoms with Crippen LogP contribution < -0.4 is 0 Å². The lowest BCUT2D eigenvalue weighted by Crippen LogP contribution is -2.57. The van der Waals surface area contributed by atoms with Crippen molar-refractivity contribution >= 4 is 5.78 Å². The highest BCUT2D eigenvalue weighted by molar-refractivity contribution is 6.06. The SMILES string of the molecule is C=CC1(O)C(=O)c2ccccc2CC1(CCCC)CCCC. The maximum atomic E-state index is 13.0. The number of fused-ring (bicyclic) bond motifs is 1. The van der Waals surface area contributed by atoms with Gasteiger partial charge in [-0.2, -0.15) is 0 Å². The van der Waals surface area contributed by atoms with E-state index in [1.807, 2.05) is 24.3 Å². The second kappa shape index (κ2) is 6.78. The molecule has 0 aliphatic heterocycles. The number of Topliss-reactive ketones (excluding diaryl/α,β-unsaturated/α-hetero) is 1. The average Bonchev–Trinajstić information content (AvgIpc) is 2.55. The van der Waals surface area contributed by atoms with Gasteiger partial charge in [0.15, 0.2) is 11.4 Å². The summed E-state index contributed by atoms with van der Waals surface area (Å²) in [5, 5.41) is 11.3. The molecule has 2 rings (SSSR count). The van der Waals surface area contributed by atoms with E-state index in [9.17, 15) is 9.90 Å². The molecule has 0 radical (unpaired) electrons. The van der Waals surface area contributed by atoms with Gasteiger partial charge in [0.25, 0.3) is 0 Å². The van der Waals surface area contributed by atoms with Crippen LogP contribution in [-0.2, 0) is 6.42 Å². The first kappa shape index (κ1) is 17.0. The fraction of sp³-hybridized carbons (Fsp3) is 0.550. The van der Waals surface area contributed by atoms with Gasteiger partial charge in [-0.1, -0.05) is 76.5 Å². The Morgan fingerprint density at radius 3 is 2.32 bits per heavy atom. The van der Waals surface area contributed by atoms with Crippen molar-refractivity contribution in [3.8, 4) is 0 Å². The fourth-order valence-electron chi connectivity index (χ4n) is 3.86. The topological polar surface area (TPSA) is 37.3 Å². The van der Waals surface area contributed by atoms with Crippen molar-refractivity contribution in [2.24, 2.45) is 5.41 Å². The summed E-state index contributed by atoms with van der Waals surface area (Å²) >= 11 is 0. The molecule has 1 unspecified atom stereocenters. The number of benzene rings is 1. The Bertz CT molecular complexity index is 538. The number of aliphatic hydroxyl groups is 1. The van der Waals surface area contributed by atoms with Crippen molar-refractivity contribution in [2.75, 3.05) is 0 Å². The molecule has 120 valence electrons. The van der Waals surface area contributed by atoms with E-state index in [0.29, 0.717) is 5.56 Å². The fourth-order valence-corrected chi connectivity index (χ4v) is 3.86. The monoisotopic (exact) mass is 300 g/mol. The molecule has 1 N–H and O–H groups in total. The van der Waals surface area contributed by atoms with E-state index in [1.165, 1.54) is 6.08 Å². The lowest BCUT2D eigenvalue weighted by Gasteiger charge is -2.49. The zero-order chi connectivity index (χ0) is 16.2. The first-order chi connectivity index (χ1) is 10.5. The van der Waals surface area contributed by atoms with Crippen LogP contribution in [0, 0.1) is 5.41 Å². The highest BCUT2D eigenvalue weighted by atomic mass is 16.3. The van der Waals surface area contributed by atoms with Gasteiger partial charge in [-0.15, -0.1) is 0 Å². The lowest BCUT2D eigenvalue weighted by atomic mass is 9.57. The van der Waals surface area contributed by atoms with Gasteiger partial charge in [0, 0.05) is 11.0 Å². The normalized spacial score (nSPS) is 23.1. The number of unbranched alkanes of at least 4 members (excludes halogenated alkanes) is 2. The Hall–Kier alpha value is -1.41. The van der Waals surface area contributed by atoms with E-state index in [4.69, 9.17) is 0 Å². The summed E-state index contributed by atoms with van der Waals surface area (Å²) in [6.45, 7) is 8.12. The van der Waals surface area contributed by atoms with Crippen LogP contribution in [0.5, 0.6) is 0 Å². The Morgan fingerprint density at radius 1 is 1.18 bits per heavy atom. The number of hydrogen-bond donors (Lipinski definition) is 1. The summed E-state index contributed by atoms with van der Waals surface area (Å²) in [7, 11) is 0. The van der Waals surface area contributed by atoms with Crippen molar-refractivity contribution in [3.05, 3.63) is 48.0 Å². The maximum Gasteiger partial charge on any atom is 0.199 e. The highest BCUT2D eigenvalue weighted by Crippen LogP contribution is 2.50. The minimum absolute atomic E-state index is 0.170. The Balaban J connectivity index is 2.53. The summed E-state index contributed by atoms with van der Waals surface area (Å²) in [5.74, 6) is -0.170. The second-order valence-corrected chi connectivity index (χ2v) is 6.62. The first-order valence-corrected chi connectivity index (χ1v) is 8.53. The molecular weight excluding hydrogens is 272 g/mol. The number of carbonyl (C=O) groups is 1. The Labute approximate surface area is 134 Å². The third-order valence-corrected chi connectivity index (χ3v) is 5.26. The standard InChI is InChI=1S/C20H28O2/c1-4-7-13-19(14-8-5-2)15-16-11-9-10-12-17(16)18(21)20(19,22)6-3/h6,9-12,22H,3-5,7-8,13-15H2,1-2H3. The molecule has 1 aromatic rings. The zero-order valence-electron chi connectivity index (χ0n) is 13.9. The van der Waals surface area contributed by atoms with Gasteiger partial charge in [-0.25, -0.2) is 0 Å². The summed E-state index contributed by atoms with van der Waals surface area (Å²) < 4.78 is 0. The predicted octanol–water partition coefficient (Wildman–Crippen LogP) is 4.71. The van der Waals surface area contributed by atoms with Gasteiger partial charge < -0.3 is 5.11 Å². The number of rotatable bonds is 7. The van der Waals surface area contributed by atoms with Crippen molar-refractivity contribution < 1.29 is 9.90 Å². The highest BCUT2D eigenvalue weighted by Gasteiger charge is 2.55. The smallest absolute Gasteiger partial charge is 0.199 e. The molecule has 0 fully saturated rings. The van der Waals surface area contributed by atoms with Crippen LogP contribution in [0.15, 0.2) is 36.9 Å². The number of ketones is 1. The minimum Gasteiger partial charge on any atom is -0.377 e. The van der Waals surface area contributed by atoms with E-state index in [1.54, 1.807) is 0 Å².